The molecule has 1 amide bonds. The van der Waals surface area contributed by atoms with Crippen molar-refractivity contribution in [2.24, 2.45) is 23.9 Å². The molecule has 8 nitrogen and oxygen atoms in total. The van der Waals surface area contributed by atoms with Gasteiger partial charge in [0.2, 0.25) is 0 Å². The first-order chi connectivity index (χ1) is 14.1. The van der Waals surface area contributed by atoms with E-state index >= 15 is 0 Å². The van der Waals surface area contributed by atoms with Gasteiger partial charge in [0.25, 0.3) is 0 Å². The predicted octanol–water partition coefficient (Wildman–Crippen LogP) is 3.42. The first kappa shape index (κ1) is 27.5. The van der Waals surface area contributed by atoms with Gasteiger partial charge >= 0.3 is 6.09 Å². The van der Waals surface area contributed by atoms with Crippen LogP contribution in [0.2, 0.25) is 0 Å². The number of likely N-dealkylation sites (tertiary alicyclic amines) is 1. The minimum Gasteiger partial charge on any atom is -0.444 e. The number of guanidine groups is 1. The topological polar surface area (TPSA) is 83.8 Å². The van der Waals surface area contributed by atoms with Gasteiger partial charge in [-0.25, -0.2) is 4.79 Å². The Morgan fingerprint density at radius 3 is 2.65 bits per heavy atom. The highest BCUT2D eigenvalue weighted by Crippen LogP contribution is 2.21. The van der Waals surface area contributed by atoms with Crippen molar-refractivity contribution >= 4 is 36.0 Å². The van der Waals surface area contributed by atoms with E-state index < -0.39 is 5.60 Å². The lowest BCUT2D eigenvalue weighted by Crippen LogP contribution is -2.45. The molecule has 0 saturated carbocycles. The van der Waals surface area contributed by atoms with Gasteiger partial charge in [-0.3, -0.25) is 9.67 Å². The summed E-state index contributed by atoms with van der Waals surface area (Å²) >= 11 is 0. The van der Waals surface area contributed by atoms with E-state index in [9.17, 15) is 4.79 Å². The van der Waals surface area contributed by atoms with Crippen molar-refractivity contribution in [1.82, 2.24) is 25.3 Å². The summed E-state index contributed by atoms with van der Waals surface area (Å²) in [5.41, 5.74) is 0.774. The Morgan fingerprint density at radius 1 is 1.39 bits per heavy atom. The van der Waals surface area contributed by atoms with E-state index in [-0.39, 0.29) is 42.0 Å². The van der Waals surface area contributed by atoms with Gasteiger partial charge in [-0.2, -0.15) is 5.10 Å². The Bertz CT molecular complexity index is 713. The van der Waals surface area contributed by atoms with Crippen LogP contribution in [0.5, 0.6) is 0 Å². The Morgan fingerprint density at radius 2 is 2.10 bits per heavy atom. The molecule has 0 bridgehead atoms. The lowest BCUT2D eigenvalue weighted by Gasteiger charge is -2.26. The highest BCUT2D eigenvalue weighted by atomic mass is 127. The highest BCUT2D eigenvalue weighted by molar-refractivity contribution is 14.0. The molecule has 2 heterocycles. The number of aliphatic imine (C=N–C) groups is 1. The van der Waals surface area contributed by atoms with Crippen molar-refractivity contribution in [2.45, 2.75) is 66.0 Å². The molecule has 2 rings (SSSR count). The van der Waals surface area contributed by atoms with Gasteiger partial charge in [0.05, 0.1) is 18.8 Å². The zero-order chi connectivity index (χ0) is 22.3. The van der Waals surface area contributed by atoms with Crippen molar-refractivity contribution in [3.63, 3.8) is 0 Å². The first-order valence-electron chi connectivity index (χ1n) is 11.1. The number of nitrogens with one attached hydrogen (secondary N) is 2. The molecular weight excluding hydrogens is 507 g/mol. The van der Waals surface area contributed by atoms with Crippen LogP contribution in [0.1, 0.15) is 53.5 Å². The molecule has 1 saturated heterocycles. The molecule has 2 N–H and O–H groups in total. The number of carbonyl (C=O) groups is 1. The smallest absolute Gasteiger partial charge is 0.407 e. The molecule has 1 aliphatic rings. The number of ether oxygens (including phenoxy) is 1. The molecule has 1 aromatic rings. The van der Waals surface area contributed by atoms with Crippen LogP contribution in [0.3, 0.4) is 0 Å². The molecule has 1 fully saturated rings. The summed E-state index contributed by atoms with van der Waals surface area (Å²) in [6, 6.07) is -0.0812. The average molecular weight is 549 g/mol. The fraction of sp³-hybridized carbons (Fsp3) is 0.773. The van der Waals surface area contributed by atoms with Crippen LogP contribution >= 0.6 is 24.0 Å². The lowest BCUT2D eigenvalue weighted by atomic mass is 10.0. The second-order valence-corrected chi connectivity index (χ2v) is 9.52. The fourth-order valence-corrected chi connectivity index (χ4v) is 3.59. The molecule has 31 heavy (non-hydrogen) atoms. The largest absolute Gasteiger partial charge is 0.444 e. The van der Waals surface area contributed by atoms with E-state index in [1.54, 1.807) is 0 Å². The van der Waals surface area contributed by atoms with Crippen LogP contribution in [-0.2, 0) is 18.2 Å². The van der Waals surface area contributed by atoms with Crippen LogP contribution in [0, 0.1) is 11.8 Å². The Hall–Kier alpha value is -1.52. The molecule has 0 radical (unpaired) electrons. The SMILES string of the molecule is CCNC(=NCC(NC(=O)OC(C)(C)C)C(C)C)N1CCC(Cc2cnn(C)c2)C1.I. The summed E-state index contributed by atoms with van der Waals surface area (Å²) < 4.78 is 7.27. The summed E-state index contributed by atoms with van der Waals surface area (Å²) in [6.45, 7) is 15.2. The molecule has 9 heteroatoms. The van der Waals surface area contributed by atoms with E-state index in [1.165, 1.54) is 5.56 Å². The molecule has 0 aliphatic carbocycles. The van der Waals surface area contributed by atoms with Gasteiger partial charge < -0.3 is 20.3 Å². The number of rotatable bonds is 7. The van der Waals surface area contributed by atoms with Gasteiger partial charge in [-0.05, 0) is 57.9 Å². The van der Waals surface area contributed by atoms with Crippen molar-refractivity contribution in [2.75, 3.05) is 26.2 Å². The van der Waals surface area contributed by atoms with E-state index in [0.717, 1.165) is 38.4 Å². The zero-order valence-corrected chi connectivity index (χ0v) is 22.5. The maximum Gasteiger partial charge on any atom is 0.407 e. The second-order valence-electron chi connectivity index (χ2n) is 9.52. The first-order valence-corrected chi connectivity index (χ1v) is 11.1. The number of amides is 1. The highest BCUT2D eigenvalue weighted by Gasteiger charge is 2.26. The van der Waals surface area contributed by atoms with E-state index in [1.807, 2.05) is 38.7 Å². The quantitative estimate of drug-likeness (QED) is 0.310. The van der Waals surface area contributed by atoms with Crippen molar-refractivity contribution in [1.29, 1.82) is 0 Å². The third-order valence-corrected chi connectivity index (χ3v) is 5.15. The van der Waals surface area contributed by atoms with Crippen molar-refractivity contribution in [3.8, 4) is 0 Å². The van der Waals surface area contributed by atoms with Crippen LogP contribution in [0.25, 0.3) is 0 Å². The Kier molecular flexibility index (Phi) is 11.1. The van der Waals surface area contributed by atoms with Gasteiger partial charge in [0.15, 0.2) is 5.96 Å². The second kappa shape index (κ2) is 12.5. The summed E-state index contributed by atoms with van der Waals surface area (Å²) in [6.07, 6.45) is 5.84. The van der Waals surface area contributed by atoms with Gasteiger partial charge in [-0.1, -0.05) is 13.8 Å². The molecule has 2 unspecified atom stereocenters. The number of aromatic nitrogens is 2. The number of alkyl carbamates (subject to hydrolysis) is 1. The standard InChI is InChI=1S/C22H40N6O2.HI/c1-8-23-20(24-13-19(16(2)3)26-21(29)30-22(4,5)6)28-10-9-17(15-28)11-18-12-25-27(7)14-18;/h12,14,16-17,19H,8-11,13,15H2,1-7H3,(H,23,24)(H,26,29);1H. The molecule has 0 spiro atoms. The van der Waals surface area contributed by atoms with Crippen LogP contribution in [-0.4, -0.2) is 64.6 Å². The van der Waals surface area contributed by atoms with Gasteiger partial charge in [-0.15, -0.1) is 24.0 Å². The Balaban J connectivity index is 0.00000480. The number of hydrogen-bond acceptors (Lipinski definition) is 4. The van der Waals surface area contributed by atoms with Crippen LogP contribution in [0.4, 0.5) is 4.79 Å². The summed E-state index contributed by atoms with van der Waals surface area (Å²) in [4.78, 5) is 19.4. The maximum atomic E-state index is 12.2. The number of halogens is 1. The summed E-state index contributed by atoms with van der Waals surface area (Å²) in [5.74, 6) is 1.77. The van der Waals surface area contributed by atoms with Crippen molar-refractivity contribution in [3.05, 3.63) is 18.0 Å². The number of nitrogens with zero attached hydrogens (tertiary/aromatic N) is 4. The number of hydrogen-bond donors (Lipinski definition) is 2. The molecule has 2 atom stereocenters. The number of carbonyl (C=O) groups excluding carboxylic acids is 1. The number of aryl methyl sites for hydroxylation is 1. The Labute approximate surface area is 204 Å². The fourth-order valence-electron chi connectivity index (χ4n) is 3.59. The van der Waals surface area contributed by atoms with Crippen molar-refractivity contribution < 1.29 is 9.53 Å². The molecule has 0 aromatic carbocycles. The normalized spacial score (nSPS) is 18.0. The maximum absolute atomic E-state index is 12.2. The van der Waals surface area contributed by atoms with E-state index in [4.69, 9.17) is 9.73 Å². The van der Waals surface area contributed by atoms with Gasteiger partial charge in [0, 0.05) is 32.9 Å². The third kappa shape index (κ3) is 9.65. The van der Waals surface area contributed by atoms with Crippen LogP contribution in [0.15, 0.2) is 17.4 Å². The predicted molar refractivity (Wildman–Crippen MR) is 136 cm³/mol. The van der Waals surface area contributed by atoms with Crippen LogP contribution < -0.4 is 10.6 Å². The van der Waals surface area contributed by atoms with E-state index in [0.29, 0.717) is 12.5 Å². The molecular formula is C22H41IN6O2. The average Bonchev–Trinajstić information content (AvgIpc) is 3.25. The lowest BCUT2D eigenvalue weighted by molar-refractivity contribution is 0.0493. The zero-order valence-electron chi connectivity index (χ0n) is 20.1. The monoisotopic (exact) mass is 548 g/mol. The molecule has 1 aromatic heterocycles. The molecule has 1 aliphatic heterocycles. The minimum absolute atomic E-state index is 0. The molecule has 178 valence electrons. The third-order valence-electron chi connectivity index (χ3n) is 5.15. The minimum atomic E-state index is -0.511. The van der Waals surface area contributed by atoms with Gasteiger partial charge in [0.1, 0.15) is 5.60 Å². The summed E-state index contributed by atoms with van der Waals surface area (Å²) in [7, 11) is 1.96. The van der Waals surface area contributed by atoms with E-state index in [2.05, 4.69) is 47.6 Å². The summed E-state index contributed by atoms with van der Waals surface area (Å²) in [5, 5.41) is 10.7.